The highest BCUT2D eigenvalue weighted by Crippen LogP contribution is 2.40. The normalized spacial score (nSPS) is 12.1. The second-order valence-corrected chi connectivity index (χ2v) is 6.70. The predicted molar refractivity (Wildman–Crippen MR) is 101 cm³/mol. The number of alkyl halides is 6. The summed E-state index contributed by atoms with van der Waals surface area (Å²) in [5, 5.41) is -0.0884. The summed E-state index contributed by atoms with van der Waals surface area (Å²) in [7, 11) is 0. The number of halogens is 7. The second-order valence-electron chi connectivity index (χ2n) is 6.30. The molecule has 0 atom stereocenters. The van der Waals surface area contributed by atoms with Crippen molar-refractivity contribution < 1.29 is 31.1 Å². The van der Waals surface area contributed by atoms with Crippen LogP contribution in [-0.2, 0) is 17.1 Å². The van der Waals surface area contributed by atoms with Gasteiger partial charge in [-0.2, -0.15) is 26.3 Å². The fourth-order valence-corrected chi connectivity index (χ4v) is 3.06. The summed E-state index contributed by atoms with van der Waals surface area (Å²) in [6.45, 7) is 1.23. The summed E-state index contributed by atoms with van der Waals surface area (Å²) in [4.78, 5) is 21.4. The number of amides is 1. The Kier molecular flexibility index (Phi) is 5.61. The highest BCUT2D eigenvalue weighted by atomic mass is 35.5. The van der Waals surface area contributed by atoms with Crippen LogP contribution in [0.5, 0.6) is 0 Å². The van der Waals surface area contributed by atoms with Gasteiger partial charge in [-0.3, -0.25) is 9.69 Å². The topological polar surface area (TPSA) is 87.9 Å². The Hall–Kier alpha value is -3.28. The van der Waals surface area contributed by atoms with Crippen LogP contribution in [0.4, 0.5) is 43.5 Å². The van der Waals surface area contributed by atoms with Gasteiger partial charge < -0.3 is 10.7 Å². The number of nitrogen functional groups attached to an aromatic ring is 1. The van der Waals surface area contributed by atoms with Gasteiger partial charge >= 0.3 is 12.4 Å². The zero-order valence-corrected chi connectivity index (χ0v) is 16.2. The molecule has 13 heteroatoms. The SMILES string of the molecule is Cc1nc(C(F)(F)F)[nH]c1-c1ccc(C(F)(F)F)nc1N(C=O)c1ccc(N)cc1Cl. The zero-order chi connectivity index (χ0) is 23.1. The first-order chi connectivity index (χ1) is 14.3. The third kappa shape index (κ3) is 4.43. The van der Waals surface area contributed by atoms with Gasteiger partial charge in [0.25, 0.3) is 0 Å². The van der Waals surface area contributed by atoms with Gasteiger partial charge in [0, 0.05) is 11.3 Å². The van der Waals surface area contributed by atoms with Gasteiger partial charge in [-0.1, -0.05) is 11.6 Å². The van der Waals surface area contributed by atoms with Crippen LogP contribution in [0.25, 0.3) is 11.3 Å². The first-order valence-electron chi connectivity index (χ1n) is 8.35. The molecule has 6 nitrogen and oxygen atoms in total. The molecule has 2 aromatic heterocycles. The molecule has 0 saturated heterocycles. The molecule has 3 aromatic rings. The van der Waals surface area contributed by atoms with Crippen molar-refractivity contribution >= 4 is 35.2 Å². The third-order valence-electron chi connectivity index (χ3n) is 4.15. The molecule has 1 amide bonds. The van der Waals surface area contributed by atoms with Gasteiger partial charge in [0.2, 0.25) is 12.2 Å². The largest absolute Gasteiger partial charge is 0.449 e. The molecule has 0 unspecified atom stereocenters. The number of hydrogen-bond donors (Lipinski definition) is 2. The summed E-state index contributed by atoms with van der Waals surface area (Å²) in [5.41, 5.74) is 3.72. The number of H-pyrrole nitrogens is 1. The zero-order valence-electron chi connectivity index (χ0n) is 15.4. The summed E-state index contributed by atoms with van der Waals surface area (Å²) < 4.78 is 78.9. The lowest BCUT2D eigenvalue weighted by molar-refractivity contribution is -0.144. The number of carbonyl (C=O) groups is 1. The van der Waals surface area contributed by atoms with E-state index < -0.39 is 29.7 Å². The predicted octanol–water partition coefficient (Wildman–Crippen LogP) is 5.35. The van der Waals surface area contributed by atoms with E-state index in [1.165, 1.54) is 25.1 Å². The van der Waals surface area contributed by atoms with Crippen molar-refractivity contribution in [3.8, 4) is 11.3 Å². The van der Waals surface area contributed by atoms with Crippen molar-refractivity contribution in [1.29, 1.82) is 0 Å². The Morgan fingerprint density at radius 2 is 1.74 bits per heavy atom. The number of pyridine rings is 1. The lowest BCUT2D eigenvalue weighted by atomic mass is 10.1. The van der Waals surface area contributed by atoms with Crippen molar-refractivity contribution in [3.05, 3.63) is 52.6 Å². The molecule has 0 aliphatic carbocycles. The van der Waals surface area contributed by atoms with E-state index in [-0.39, 0.29) is 39.8 Å². The number of anilines is 3. The molecule has 3 N–H and O–H groups in total. The van der Waals surface area contributed by atoms with Crippen molar-refractivity contribution in [2.45, 2.75) is 19.3 Å². The Bertz CT molecular complexity index is 1140. The summed E-state index contributed by atoms with van der Waals surface area (Å²) in [6.07, 6.45) is -9.57. The Labute approximate surface area is 175 Å². The van der Waals surface area contributed by atoms with E-state index in [1.54, 1.807) is 0 Å². The molecule has 3 rings (SSSR count). The average molecular weight is 464 g/mol. The van der Waals surface area contributed by atoms with Gasteiger partial charge in [0.15, 0.2) is 0 Å². The lowest BCUT2D eigenvalue weighted by Gasteiger charge is -2.22. The highest BCUT2D eigenvalue weighted by molar-refractivity contribution is 6.34. The number of carbonyl (C=O) groups excluding carboxylic acids is 1. The fourth-order valence-electron chi connectivity index (χ4n) is 2.78. The highest BCUT2D eigenvalue weighted by Gasteiger charge is 2.37. The van der Waals surface area contributed by atoms with Crippen LogP contribution >= 0.6 is 11.6 Å². The van der Waals surface area contributed by atoms with E-state index in [9.17, 15) is 31.1 Å². The smallest absolute Gasteiger partial charge is 0.399 e. The number of aromatic amines is 1. The van der Waals surface area contributed by atoms with Crippen LogP contribution in [0.2, 0.25) is 5.02 Å². The van der Waals surface area contributed by atoms with E-state index in [2.05, 4.69) is 9.97 Å². The Balaban J connectivity index is 2.29. The molecule has 164 valence electrons. The van der Waals surface area contributed by atoms with E-state index in [0.29, 0.717) is 11.0 Å². The number of rotatable bonds is 4. The van der Waals surface area contributed by atoms with Crippen LogP contribution < -0.4 is 10.6 Å². The molecule has 1 aromatic carbocycles. The van der Waals surface area contributed by atoms with Crippen molar-refractivity contribution in [2.75, 3.05) is 10.6 Å². The van der Waals surface area contributed by atoms with E-state index in [4.69, 9.17) is 17.3 Å². The first-order valence-corrected chi connectivity index (χ1v) is 8.72. The lowest BCUT2D eigenvalue weighted by Crippen LogP contribution is -2.20. The number of aryl methyl sites for hydroxylation is 1. The number of nitrogens with one attached hydrogen (secondary N) is 1. The molecule has 0 radical (unpaired) electrons. The van der Waals surface area contributed by atoms with Gasteiger partial charge in [-0.25, -0.2) is 9.97 Å². The molecule has 0 aliphatic heterocycles. The molecule has 0 fully saturated rings. The summed E-state index contributed by atoms with van der Waals surface area (Å²) in [6, 6.07) is 5.34. The molecular weight excluding hydrogens is 452 g/mol. The monoisotopic (exact) mass is 463 g/mol. The molecular formula is C18H12ClF6N5O. The van der Waals surface area contributed by atoms with Crippen LogP contribution in [0.1, 0.15) is 17.2 Å². The van der Waals surface area contributed by atoms with Gasteiger partial charge in [-0.15, -0.1) is 0 Å². The standard InChI is InChI=1S/C18H12ClF6N5O/c1-8-14(29-16(27-8)18(23,24)25)10-3-5-13(17(20,21)22)28-15(10)30(7-31)12-4-2-9(26)6-11(12)19/h2-7H,26H2,1H3,(H,27,29). The molecule has 31 heavy (non-hydrogen) atoms. The summed E-state index contributed by atoms with van der Waals surface area (Å²) in [5.74, 6) is -1.95. The van der Waals surface area contributed by atoms with Gasteiger partial charge in [-0.05, 0) is 37.3 Å². The quantitative estimate of drug-likeness (QED) is 0.310. The minimum absolute atomic E-state index is 0.0767. The Morgan fingerprint density at radius 1 is 1.06 bits per heavy atom. The molecule has 0 aliphatic rings. The van der Waals surface area contributed by atoms with E-state index >= 15 is 0 Å². The minimum atomic E-state index is -4.88. The number of imidazole rings is 1. The van der Waals surface area contributed by atoms with E-state index in [0.717, 1.165) is 6.07 Å². The van der Waals surface area contributed by atoms with Crippen LogP contribution in [0.15, 0.2) is 30.3 Å². The van der Waals surface area contributed by atoms with Crippen molar-refractivity contribution in [3.63, 3.8) is 0 Å². The average Bonchev–Trinajstić information content (AvgIpc) is 3.05. The number of nitrogens with zero attached hydrogens (tertiary/aromatic N) is 3. The summed E-state index contributed by atoms with van der Waals surface area (Å²) >= 11 is 6.08. The van der Waals surface area contributed by atoms with Crippen LogP contribution in [-0.4, -0.2) is 21.4 Å². The maximum atomic E-state index is 13.3. The first kappa shape index (κ1) is 22.4. The third-order valence-corrected chi connectivity index (χ3v) is 4.46. The van der Waals surface area contributed by atoms with E-state index in [1.807, 2.05) is 4.98 Å². The maximum absolute atomic E-state index is 13.3. The molecule has 0 spiro atoms. The molecule has 2 heterocycles. The number of aromatic nitrogens is 3. The number of benzene rings is 1. The van der Waals surface area contributed by atoms with Gasteiger partial charge in [0.05, 0.1) is 22.1 Å². The van der Waals surface area contributed by atoms with Crippen molar-refractivity contribution in [1.82, 2.24) is 15.0 Å². The Morgan fingerprint density at radius 3 is 2.26 bits per heavy atom. The molecule has 0 saturated carbocycles. The second kappa shape index (κ2) is 7.76. The number of nitrogens with two attached hydrogens (primary N) is 1. The fraction of sp³-hybridized carbons (Fsp3) is 0.167. The minimum Gasteiger partial charge on any atom is -0.399 e. The number of hydrogen-bond acceptors (Lipinski definition) is 4. The van der Waals surface area contributed by atoms with Gasteiger partial charge in [0.1, 0.15) is 11.5 Å². The van der Waals surface area contributed by atoms with Crippen LogP contribution in [0.3, 0.4) is 0 Å². The molecule has 0 bridgehead atoms. The van der Waals surface area contributed by atoms with Crippen LogP contribution in [0, 0.1) is 6.92 Å². The maximum Gasteiger partial charge on any atom is 0.449 e. The van der Waals surface area contributed by atoms with Crippen molar-refractivity contribution in [2.24, 2.45) is 0 Å².